The van der Waals surface area contributed by atoms with Crippen LogP contribution in [0.15, 0.2) is 17.8 Å². The first-order valence-corrected chi connectivity index (χ1v) is 5.36. The van der Waals surface area contributed by atoms with Gasteiger partial charge in [0.1, 0.15) is 18.5 Å². The van der Waals surface area contributed by atoms with E-state index in [4.69, 9.17) is 10.9 Å². The largest absolute Gasteiger partial charge is 0.409 e. The lowest BCUT2D eigenvalue weighted by Gasteiger charge is -2.22. The maximum absolute atomic E-state index is 8.62. The van der Waals surface area contributed by atoms with Gasteiger partial charge in [-0.05, 0) is 12.8 Å². The Morgan fingerprint density at radius 3 is 2.81 bits per heavy atom. The van der Waals surface area contributed by atoms with Crippen LogP contribution in [0.4, 0.5) is 0 Å². The maximum Gasteiger partial charge on any atom is 0.144 e. The standard InChI is InChI=1S/C10H19N5O/c1-10(2,9(11)14-16)5-3-4-6-15-8-12-7-13-15/h7-8,16H,3-6H2,1-2H3,(H2,11,14). The predicted molar refractivity (Wildman–Crippen MR) is 61.1 cm³/mol. The molecule has 0 bridgehead atoms. The van der Waals surface area contributed by atoms with E-state index < -0.39 is 0 Å². The van der Waals surface area contributed by atoms with Crippen LogP contribution in [0, 0.1) is 5.41 Å². The summed E-state index contributed by atoms with van der Waals surface area (Å²) in [4.78, 5) is 3.87. The number of nitrogens with two attached hydrogens (primary N) is 1. The van der Waals surface area contributed by atoms with Gasteiger partial charge < -0.3 is 10.9 Å². The maximum atomic E-state index is 8.62. The molecule has 0 fully saturated rings. The number of rotatable bonds is 6. The van der Waals surface area contributed by atoms with E-state index in [9.17, 15) is 0 Å². The highest BCUT2D eigenvalue weighted by Crippen LogP contribution is 2.23. The average Bonchev–Trinajstić information content (AvgIpc) is 2.76. The van der Waals surface area contributed by atoms with Crippen LogP contribution in [0.25, 0.3) is 0 Å². The lowest BCUT2D eigenvalue weighted by molar-refractivity contribution is 0.304. The Kier molecular flexibility index (Phi) is 4.28. The predicted octanol–water partition coefficient (Wildman–Crippen LogP) is 1.22. The van der Waals surface area contributed by atoms with Crippen molar-refractivity contribution in [3.8, 4) is 0 Å². The van der Waals surface area contributed by atoms with Gasteiger partial charge in [-0.15, -0.1) is 0 Å². The summed E-state index contributed by atoms with van der Waals surface area (Å²) >= 11 is 0. The van der Waals surface area contributed by atoms with E-state index in [0.717, 1.165) is 25.8 Å². The van der Waals surface area contributed by atoms with E-state index in [1.54, 1.807) is 11.0 Å². The molecule has 6 nitrogen and oxygen atoms in total. The zero-order valence-corrected chi connectivity index (χ0v) is 9.80. The van der Waals surface area contributed by atoms with Crippen molar-refractivity contribution in [1.82, 2.24) is 14.8 Å². The smallest absolute Gasteiger partial charge is 0.144 e. The Bertz CT molecular complexity index is 331. The first-order chi connectivity index (χ1) is 7.56. The molecule has 6 heteroatoms. The summed E-state index contributed by atoms with van der Waals surface area (Å²) in [7, 11) is 0. The topological polar surface area (TPSA) is 89.3 Å². The Labute approximate surface area is 95.2 Å². The number of oxime groups is 1. The zero-order valence-electron chi connectivity index (χ0n) is 9.80. The van der Waals surface area contributed by atoms with Gasteiger partial charge in [0.05, 0.1) is 0 Å². The van der Waals surface area contributed by atoms with Gasteiger partial charge in [0.15, 0.2) is 0 Å². The van der Waals surface area contributed by atoms with Gasteiger partial charge in [-0.25, -0.2) is 4.98 Å². The molecular weight excluding hydrogens is 206 g/mol. The molecule has 16 heavy (non-hydrogen) atoms. The number of aromatic nitrogens is 3. The normalized spacial score (nSPS) is 13.0. The summed E-state index contributed by atoms with van der Waals surface area (Å²) in [6.07, 6.45) is 6.13. The van der Waals surface area contributed by atoms with Crippen molar-refractivity contribution >= 4 is 5.84 Å². The van der Waals surface area contributed by atoms with Gasteiger partial charge in [0, 0.05) is 12.0 Å². The van der Waals surface area contributed by atoms with E-state index in [1.807, 2.05) is 13.8 Å². The number of hydrogen-bond acceptors (Lipinski definition) is 4. The van der Waals surface area contributed by atoms with Crippen molar-refractivity contribution in [3.05, 3.63) is 12.7 Å². The molecule has 0 spiro atoms. The third kappa shape index (κ3) is 3.52. The minimum Gasteiger partial charge on any atom is -0.409 e. The third-order valence-electron chi connectivity index (χ3n) is 2.71. The summed E-state index contributed by atoms with van der Waals surface area (Å²) in [5.41, 5.74) is 5.35. The van der Waals surface area contributed by atoms with E-state index in [1.165, 1.54) is 6.33 Å². The number of unbranched alkanes of at least 4 members (excludes halogenated alkanes) is 1. The molecular formula is C10H19N5O. The van der Waals surface area contributed by atoms with Crippen molar-refractivity contribution in [2.45, 2.75) is 39.7 Å². The molecule has 0 saturated carbocycles. The van der Waals surface area contributed by atoms with Crippen LogP contribution in [0.5, 0.6) is 0 Å². The highest BCUT2D eigenvalue weighted by molar-refractivity contribution is 5.85. The molecule has 1 aromatic rings. The van der Waals surface area contributed by atoms with Crippen molar-refractivity contribution < 1.29 is 5.21 Å². The van der Waals surface area contributed by atoms with Gasteiger partial charge in [0.25, 0.3) is 0 Å². The molecule has 1 rings (SSSR count). The summed E-state index contributed by atoms with van der Waals surface area (Å²) in [5.74, 6) is 0.285. The molecule has 0 aliphatic carbocycles. The second kappa shape index (κ2) is 5.48. The SMILES string of the molecule is CC(C)(CCCCn1cncn1)C(N)=NO. The Hall–Kier alpha value is -1.59. The zero-order chi connectivity index (χ0) is 12.0. The van der Waals surface area contributed by atoms with Crippen LogP contribution in [0.3, 0.4) is 0 Å². The van der Waals surface area contributed by atoms with Crippen molar-refractivity contribution in [1.29, 1.82) is 0 Å². The second-order valence-electron chi connectivity index (χ2n) is 4.48. The second-order valence-corrected chi connectivity index (χ2v) is 4.48. The van der Waals surface area contributed by atoms with Gasteiger partial charge >= 0.3 is 0 Å². The summed E-state index contributed by atoms with van der Waals surface area (Å²) in [6.45, 7) is 4.79. The molecule has 0 saturated heterocycles. The number of hydrogen-bond donors (Lipinski definition) is 2. The lowest BCUT2D eigenvalue weighted by Crippen LogP contribution is -2.31. The van der Waals surface area contributed by atoms with E-state index in [0.29, 0.717) is 0 Å². The molecule has 0 aliphatic heterocycles. The van der Waals surface area contributed by atoms with Crippen LogP contribution in [-0.2, 0) is 6.54 Å². The lowest BCUT2D eigenvalue weighted by atomic mass is 9.86. The summed E-state index contributed by atoms with van der Waals surface area (Å²) in [6, 6.07) is 0. The van der Waals surface area contributed by atoms with Crippen LogP contribution in [0.1, 0.15) is 33.1 Å². The van der Waals surface area contributed by atoms with Crippen molar-refractivity contribution in [2.24, 2.45) is 16.3 Å². The van der Waals surface area contributed by atoms with Crippen molar-refractivity contribution in [2.75, 3.05) is 0 Å². The first-order valence-electron chi connectivity index (χ1n) is 5.36. The van der Waals surface area contributed by atoms with Gasteiger partial charge in [0.2, 0.25) is 0 Å². The minimum absolute atomic E-state index is 0.253. The molecule has 0 aliphatic rings. The quantitative estimate of drug-likeness (QED) is 0.250. The van der Waals surface area contributed by atoms with E-state index in [-0.39, 0.29) is 11.3 Å². The monoisotopic (exact) mass is 225 g/mol. The van der Waals surface area contributed by atoms with E-state index >= 15 is 0 Å². The molecule has 3 N–H and O–H groups in total. The van der Waals surface area contributed by atoms with Crippen LogP contribution in [-0.4, -0.2) is 25.8 Å². The van der Waals surface area contributed by atoms with Gasteiger partial charge in [-0.3, -0.25) is 4.68 Å². The van der Waals surface area contributed by atoms with Crippen LogP contribution < -0.4 is 5.73 Å². The number of aryl methyl sites for hydroxylation is 1. The molecule has 0 aromatic carbocycles. The molecule has 0 atom stereocenters. The highest BCUT2D eigenvalue weighted by atomic mass is 16.4. The fraction of sp³-hybridized carbons (Fsp3) is 0.700. The number of amidine groups is 1. The minimum atomic E-state index is -0.253. The third-order valence-corrected chi connectivity index (χ3v) is 2.71. The molecule has 0 amide bonds. The van der Waals surface area contributed by atoms with Gasteiger partial charge in [-0.2, -0.15) is 5.10 Å². The fourth-order valence-corrected chi connectivity index (χ4v) is 1.45. The first kappa shape index (κ1) is 12.5. The van der Waals surface area contributed by atoms with E-state index in [2.05, 4.69) is 15.2 Å². The fourth-order valence-electron chi connectivity index (χ4n) is 1.45. The van der Waals surface area contributed by atoms with Crippen LogP contribution >= 0.6 is 0 Å². The number of nitrogens with zero attached hydrogens (tertiary/aromatic N) is 4. The molecule has 1 heterocycles. The van der Waals surface area contributed by atoms with Crippen molar-refractivity contribution in [3.63, 3.8) is 0 Å². The molecule has 1 aromatic heterocycles. The average molecular weight is 225 g/mol. The summed E-state index contributed by atoms with van der Waals surface area (Å²) < 4.78 is 1.80. The Balaban J connectivity index is 2.25. The molecule has 0 radical (unpaired) electrons. The van der Waals surface area contributed by atoms with Crippen LogP contribution in [0.2, 0.25) is 0 Å². The summed E-state index contributed by atoms with van der Waals surface area (Å²) in [5, 5.41) is 15.7. The Morgan fingerprint density at radius 1 is 1.50 bits per heavy atom. The highest BCUT2D eigenvalue weighted by Gasteiger charge is 2.22. The van der Waals surface area contributed by atoms with Gasteiger partial charge in [-0.1, -0.05) is 25.4 Å². The Morgan fingerprint density at radius 2 is 2.25 bits per heavy atom. The molecule has 90 valence electrons. The molecule has 0 unspecified atom stereocenters.